The molecule has 2 aromatic carbocycles. The number of nitro groups is 1. The summed E-state index contributed by atoms with van der Waals surface area (Å²) in [7, 11) is 0. The standard InChI is InChI=1S/C21H21ClN2O5/c1-13(15-7-6-14-4-2-3-5-16(14)10-15)23-20(25)12-29-21(26)18-9-8-17(22)11-19(18)24(27)28/h6-11,13H,2-5,12H2,1H3,(H,23,25)/t13-/m0/s1. The Kier molecular flexibility index (Phi) is 6.49. The van der Waals surface area contributed by atoms with Gasteiger partial charge in [-0.05, 0) is 61.4 Å². The number of rotatable bonds is 6. The van der Waals surface area contributed by atoms with Crippen molar-refractivity contribution in [3.63, 3.8) is 0 Å². The van der Waals surface area contributed by atoms with E-state index in [4.69, 9.17) is 16.3 Å². The molecule has 1 atom stereocenters. The third-order valence-corrected chi connectivity index (χ3v) is 5.20. The van der Waals surface area contributed by atoms with E-state index in [1.54, 1.807) is 0 Å². The quantitative estimate of drug-likeness (QED) is 0.433. The topological polar surface area (TPSA) is 98.5 Å². The van der Waals surface area contributed by atoms with Crippen LogP contribution in [-0.2, 0) is 22.4 Å². The number of ether oxygens (including phenoxy) is 1. The van der Waals surface area contributed by atoms with Crippen LogP contribution in [-0.4, -0.2) is 23.4 Å². The van der Waals surface area contributed by atoms with Crippen molar-refractivity contribution in [2.45, 2.75) is 38.6 Å². The zero-order valence-corrected chi connectivity index (χ0v) is 16.7. The normalized spacial score (nSPS) is 13.9. The fourth-order valence-corrected chi connectivity index (χ4v) is 3.59. The third kappa shape index (κ3) is 5.12. The van der Waals surface area contributed by atoms with Crippen LogP contribution in [0.15, 0.2) is 36.4 Å². The van der Waals surface area contributed by atoms with E-state index >= 15 is 0 Å². The van der Waals surface area contributed by atoms with Crippen LogP contribution < -0.4 is 5.32 Å². The predicted molar refractivity (Wildman–Crippen MR) is 108 cm³/mol. The van der Waals surface area contributed by atoms with Crippen LogP contribution in [0.4, 0.5) is 5.69 Å². The van der Waals surface area contributed by atoms with Gasteiger partial charge in [0.2, 0.25) is 0 Å². The molecule has 1 aliphatic rings. The number of fused-ring (bicyclic) bond motifs is 1. The van der Waals surface area contributed by atoms with Crippen LogP contribution in [0.25, 0.3) is 0 Å². The first-order valence-electron chi connectivity index (χ1n) is 9.37. The second kappa shape index (κ2) is 9.05. The molecule has 0 unspecified atom stereocenters. The molecule has 3 rings (SSSR count). The van der Waals surface area contributed by atoms with Gasteiger partial charge in [-0.25, -0.2) is 4.79 Å². The lowest BCUT2D eigenvalue weighted by molar-refractivity contribution is -0.385. The Bertz CT molecular complexity index is 960. The molecule has 7 nitrogen and oxygen atoms in total. The second-order valence-corrected chi connectivity index (χ2v) is 7.46. The largest absolute Gasteiger partial charge is 0.452 e. The number of hydrogen-bond acceptors (Lipinski definition) is 5. The number of halogens is 1. The van der Waals surface area contributed by atoms with Crippen LogP contribution in [0, 0.1) is 10.1 Å². The number of carbonyl (C=O) groups excluding carboxylic acids is 2. The Balaban J connectivity index is 1.58. The highest BCUT2D eigenvalue weighted by Crippen LogP contribution is 2.25. The average Bonchev–Trinajstić information content (AvgIpc) is 2.71. The zero-order valence-electron chi connectivity index (χ0n) is 15.9. The van der Waals surface area contributed by atoms with E-state index in [9.17, 15) is 19.7 Å². The fourth-order valence-electron chi connectivity index (χ4n) is 3.43. The van der Waals surface area contributed by atoms with Crippen molar-refractivity contribution >= 4 is 29.2 Å². The number of nitro benzene ring substituents is 1. The minimum atomic E-state index is -0.954. The van der Waals surface area contributed by atoms with Gasteiger partial charge in [0.25, 0.3) is 11.6 Å². The molecular weight excluding hydrogens is 396 g/mol. The van der Waals surface area contributed by atoms with Crippen LogP contribution in [0.3, 0.4) is 0 Å². The molecule has 152 valence electrons. The van der Waals surface area contributed by atoms with E-state index in [2.05, 4.69) is 17.4 Å². The predicted octanol–water partition coefficient (Wildman–Crippen LogP) is 4.16. The molecule has 1 N–H and O–H groups in total. The minimum absolute atomic E-state index is 0.130. The summed E-state index contributed by atoms with van der Waals surface area (Å²) >= 11 is 5.73. The molecule has 1 amide bonds. The molecule has 29 heavy (non-hydrogen) atoms. The third-order valence-electron chi connectivity index (χ3n) is 4.96. The van der Waals surface area contributed by atoms with Crippen molar-refractivity contribution in [3.8, 4) is 0 Å². The summed E-state index contributed by atoms with van der Waals surface area (Å²) in [6.07, 6.45) is 4.50. The SMILES string of the molecule is C[C@H](NC(=O)COC(=O)c1ccc(Cl)cc1[N+](=O)[O-])c1ccc2c(c1)CCCC2. The number of carbonyl (C=O) groups is 2. The molecule has 0 spiro atoms. The van der Waals surface area contributed by atoms with Gasteiger partial charge in [0.05, 0.1) is 11.0 Å². The number of hydrogen-bond donors (Lipinski definition) is 1. The molecule has 0 heterocycles. The molecule has 0 bridgehead atoms. The Morgan fingerprint density at radius 1 is 1.17 bits per heavy atom. The summed E-state index contributed by atoms with van der Waals surface area (Å²) in [5.74, 6) is -1.44. The molecular formula is C21H21ClN2O5. The molecule has 0 saturated heterocycles. The highest BCUT2D eigenvalue weighted by Gasteiger charge is 2.23. The van der Waals surface area contributed by atoms with Crippen molar-refractivity contribution in [1.29, 1.82) is 0 Å². The number of aryl methyl sites for hydroxylation is 2. The summed E-state index contributed by atoms with van der Waals surface area (Å²) in [4.78, 5) is 34.7. The molecule has 0 fully saturated rings. The number of nitrogens with one attached hydrogen (secondary N) is 1. The maximum Gasteiger partial charge on any atom is 0.345 e. The number of esters is 1. The lowest BCUT2D eigenvalue weighted by atomic mass is 9.89. The summed E-state index contributed by atoms with van der Waals surface area (Å²) in [5.41, 5.74) is 2.94. The van der Waals surface area contributed by atoms with E-state index in [0.29, 0.717) is 0 Å². The smallest absolute Gasteiger partial charge is 0.345 e. The number of benzene rings is 2. The van der Waals surface area contributed by atoms with Gasteiger partial charge < -0.3 is 10.1 Å². The molecule has 0 aromatic heterocycles. The summed E-state index contributed by atoms with van der Waals surface area (Å²) in [6.45, 7) is 1.32. The van der Waals surface area contributed by atoms with Crippen LogP contribution in [0.5, 0.6) is 0 Å². The Morgan fingerprint density at radius 3 is 2.62 bits per heavy atom. The molecule has 0 radical (unpaired) electrons. The van der Waals surface area contributed by atoms with Gasteiger partial charge in [-0.15, -0.1) is 0 Å². The Morgan fingerprint density at radius 2 is 1.90 bits per heavy atom. The molecule has 0 aliphatic heterocycles. The summed E-state index contributed by atoms with van der Waals surface area (Å²) < 4.78 is 4.95. The first-order valence-corrected chi connectivity index (χ1v) is 9.75. The van der Waals surface area contributed by atoms with Gasteiger partial charge in [0, 0.05) is 11.1 Å². The lowest BCUT2D eigenvalue weighted by Crippen LogP contribution is -2.31. The first kappa shape index (κ1) is 20.8. The Labute approximate surface area is 173 Å². The van der Waals surface area contributed by atoms with E-state index in [0.717, 1.165) is 24.5 Å². The van der Waals surface area contributed by atoms with Crippen LogP contribution in [0.2, 0.25) is 5.02 Å². The summed E-state index contributed by atoms with van der Waals surface area (Å²) in [5, 5.41) is 14.0. The average molecular weight is 417 g/mol. The van der Waals surface area contributed by atoms with Crippen LogP contribution >= 0.6 is 11.6 Å². The van der Waals surface area contributed by atoms with Crippen molar-refractivity contribution in [3.05, 3.63) is 73.8 Å². The van der Waals surface area contributed by atoms with Crippen molar-refractivity contribution in [2.75, 3.05) is 6.61 Å². The van der Waals surface area contributed by atoms with Gasteiger partial charge in [-0.1, -0.05) is 29.8 Å². The second-order valence-electron chi connectivity index (χ2n) is 7.02. The Hall–Kier alpha value is -2.93. The number of amides is 1. The van der Waals surface area contributed by atoms with Gasteiger partial charge in [-0.3, -0.25) is 14.9 Å². The van der Waals surface area contributed by atoms with Crippen LogP contribution in [0.1, 0.15) is 52.9 Å². The van der Waals surface area contributed by atoms with E-state index in [1.807, 2.05) is 13.0 Å². The maximum atomic E-state index is 12.2. The van der Waals surface area contributed by atoms with Gasteiger partial charge in [0.15, 0.2) is 6.61 Å². The van der Waals surface area contributed by atoms with Gasteiger partial charge in [-0.2, -0.15) is 0 Å². The molecule has 2 aromatic rings. The van der Waals surface area contributed by atoms with E-state index < -0.39 is 29.1 Å². The van der Waals surface area contributed by atoms with E-state index in [-0.39, 0.29) is 16.6 Å². The molecule has 8 heteroatoms. The first-order chi connectivity index (χ1) is 13.8. The monoisotopic (exact) mass is 416 g/mol. The van der Waals surface area contributed by atoms with Crippen molar-refractivity contribution in [2.24, 2.45) is 0 Å². The van der Waals surface area contributed by atoms with Gasteiger partial charge in [0.1, 0.15) is 5.56 Å². The number of nitrogens with zero attached hydrogens (tertiary/aromatic N) is 1. The van der Waals surface area contributed by atoms with Gasteiger partial charge >= 0.3 is 5.97 Å². The maximum absolute atomic E-state index is 12.2. The van der Waals surface area contributed by atoms with Crippen molar-refractivity contribution in [1.82, 2.24) is 5.32 Å². The highest BCUT2D eigenvalue weighted by atomic mass is 35.5. The minimum Gasteiger partial charge on any atom is -0.452 e. The lowest BCUT2D eigenvalue weighted by Gasteiger charge is -2.20. The fraction of sp³-hybridized carbons (Fsp3) is 0.333. The van der Waals surface area contributed by atoms with E-state index in [1.165, 1.54) is 36.1 Å². The zero-order chi connectivity index (χ0) is 21.0. The summed E-state index contributed by atoms with van der Waals surface area (Å²) in [6, 6.07) is 9.58. The van der Waals surface area contributed by atoms with Crippen molar-refractivity contribution < 1.29 is 19.2 Å². The molecule has 1 aliphatic carbocycles. The highest BCUT2D eigenvalue weighted by molar-refractivity contribution is 6.31. The molecule has 0 saturated carbocycles.